The molecule has 0 bridgehead atoms. The highest BCUT2D eigenvalue weighted by molar-refractivity contribution is 5.93. The van der Waals surface area contributed by atoms with E-state index in [0.717, 1.165) is 44.0 Å². The van der Waals surface area contributed by atoms with E-state index in [0.29, 0.717) is 6.54 Å². The van der Waals surface area contributed by atoms with E-state index in [2.05, 4.69) is 40.2 Å². The number of amides is 1. The number of carbonyl (C=O) groups is 1. The fourth-order valence-electron chi connectivity index (χ4n) is 3.31. The molecule has 0 unspecified atom stereocenters. The molecular formula is C21H27N3O2. The minimum atomic E-state index is 0.0562. The summed E-state index contributed by atoms with van der Waals surface area (Å²) < 4.78 is 5.30. The summed E-state index contributed by atoms with van der Waals surface area (Å²) in [5.74, 6) is 0.930. The zero-order chi connectivity index (χ0) is 18.4. The number of para-hydroxylation sites is 1. The minimum absolute atomic E-state index is 0.0562. The van der Waals surface area contributed by atoms with Gasteiger partial charge in [0, 0.05) is 43.6 Å². The van der Waals surface area contributed by atoms with Crippen LogP contribution >= 0.6 is 0 Å². The molecule has 1 amide bonds. The van der Waals surface area contributed by atoms with E-state index in [1.165, 1.54) is 11.3 Å². The van der Waals surface area contributed by atoms with Crippen molar-refractivity contribution in [1.82, 2.24) is 4.90 Å². The molecule has 1 aliphatic rings. The Balaban J connectivity index is 1.51. The van der Waals surface area contributed by atoms with E-state index in [9.17, 15) is 4.79 Å². The highest BCUT2D eigenvalue weighted by Crippen LogP contribution is 2.22. The summed E-state index contributed by atoms with van der Waals surface area (Å²) >= 11 is 0. The summed E-state index contributed by atoms with van der Waals surface area (Å²) in [6.45, 7) is 6.10. The lowest BCUT2D eigenvalue weighted by Crippen LogP contribution is -2.48. The molecule has 3 rings (SSSR count). The molecule has 1 aliphatic heterocycles. The van der Waals surface area contributed by atoms with E-state index in [1.54, 1.807) is 7.11 Å². The average Bonchev–Trinajstić information content (AvgIpc) is 2.69. The van der Waals surface area contributed by atoms with Gasteiger partial charge in [-0.1, -0.05) is 31.2 Å². The molecule has 0 aromatic heterocycles. The zero-order valence-corrected chi connectivity index (χ0v) is 15.6. The molecular weight excluding hydrogens is 326 g/mol. The Kier molecular flexibility index (Phi) is 6.12. The molecule has 1 N–H and O–H groups in total. The van der Waals surface area contributed by atoms with Crippen molar-refractivity contribution >= 4 is 17.3 Å². The van der Waals surface area contributed by atoms with Crippen LogP contribution in [0.15, 0.2) is 48.5 Å². The lowest BCUT2D eigenvalue weighted by molar-refractivity contribution is -0.117. The third kappa shape index (κ3) is 4.55. The van der Waals surface area contributed by atoms with Crippen molar-refractivity contribution in [2.24, 2.45) is 0 Å². The van der Waals surface area contributed by atoms with Gasteiger partial charge < -0.3 is 15.0 Å². The SMILES string of the molecule is CCc1ccccc1NC(=O)CN1CCN(c2cccc(OC)c2)CC1. The molecule has 2 aromatic carbocycles. The Labute approximate surface area is 155 Å². The van der Waals surface area contributed by atoms with Crippen LogP contribution < -0.4 is 15.0 Å². The standard InChI is InChI=1S/C21H27N3O2/c1-3-17-7-4-5-10-20(17)22-21(25)16-23-11-13-24(14-12-23)18-8-6-9-19(15-18)26-2/h4-10,15H,3,11-14,16H2,1-2H3,(H,22,25). The van der Waals surface area contributed by atoms with Crippen LogP contribution in [0.3, 0.4) is 0 Å². The molecule has 0 aliphatic carbocycles. The molecule has 0 saturated carbocycles. The summed E-state index contributed by atoms with van der Waals surface area (Å²) in [4.78, 5) is 16.9. The number of anilines is 2. The van der Waals surface area contributed by atoms with Gasteiger partial charge in [0.05, 0.1) is 13.7 Å². The summed E-state index contributed by atoms with van der Waals surface area (Å²) in [6.07, 6.45) is 0.912. The number of aryl methyl sites for hydroxylation is 1. The Morgan fingerprint density at radius 3 is 2.58 bits per heavy atom. The molecule has 5 heteroatoms. The van der Waals surface area contributed by atoms with E-state index in [1.807, 2.05) is 30.3 Å². The number of hydrogen-bond acceptors (Lipinski definition) is 4. The third-order valence-electron chi connectivity index (χ3n) is 4.83. The monoisotopic (exact) mass is 353 g/mol. The Morgan fingerprint density at radius 1 is 1.08 bits per heavy atom. The van der Waals surface area contributed by atoms with Gasteiger partial charge in [0.2, 0.25) is 5.91 Å². The van der Waals surface area contributed by atoms with Crippen molar-refractivity contribution in [2.45, 2.75) is 13.3 Å². The van der Waals surface area contributed by atoms with Crippen molar-refractivity contribution in [3.05, 3.63) is 54.1 Å². The lowest BCUT2D eigenvalue weighted by atomic mass is 10.1. The summed E-state index contributed by atoms with van der Waals surface area (Å²) in [5, 5.41) is 3.06. The number of benzene rings is 2. The Morgan fingerprint density at radius 2 is 1.85 bits per heavy atom. The molecule has 1 fully saturated rings. The number of piperazine rings is 1. The van der Waals surface area contributed by atoms with Crippen LogP contribution in [-0.2, 0) is 11.2 Å². The molecule has 1 heterocycles. The van der Waals surface area contributed by atoms with Gasteiger partial charge in [-0.05, 0) is 30.2 Å². The quantitative estimate of drug-likeness (QED) is 0.867. The van der Waals surface area contributed by atoms with E-state index in [4.69, 9.17) is 4.74 Å². The second-order valence-corrected chi connectivity index (χ2v) is 6.52. The first-order valence-electron chi connectivity index (χ1n) is 9.18. The van der Waals surface area contributed by atoms with Crippen LogP contribution in [0.5, 0.6) is 5.75 Å². The maximum atomic E-state index is 12.4. The molecule has 0 atom stereocenters. The van der Waals surface area contributed by atoms with Crippen LogP contribution in [-0.4, -0.2) is 50.6 Å². The van der Waals surface area contributed by atoms with Crippen molar-refractivity contribution in [3.8, 4) is 5.75 Å². The predicted octanol–water partition coefficient (Wildman–Crippen LogP) is 3.02. The van der Waals surface area contributed by atoms with Crippen LogP contribution in [0.25, 0.3) is 0 Å². The van der Waals surface area contributed by atoms with Crippen LogP contribution in [0.4, 0.5) is 11.4 Å². The van der Waals surface area contributed by atoms with Crippen LogP contribution in [0, 0.1) is 0 Å². The molecule has 5 nitrogen and oxygen atoms in total. The molecule has 138 valence electrons. The first kappa shape index (κ1) is 18.3. The summed E-state index contributed by atoms with van der Waals surface area (Å²) in [7, 11) is 1.69. The van der Waals surface area contributed by atoms with Gasteiger partial charge in [-0.3, -0.25) is 9.69 Å². The minimum Gasteiger partial charge on any atom is -0.497 e. The van der Waals surface area contributed by atoms with Crippen molar-refractivity contribution in [3.63, 3.8) is 0 Å². The second kappa shape index (κ2) is 8.72. The van der Waals surface area contributed by atoms with Gasteiger partial charge in [-0.25, -0.2) is 0 Å². The van der Waals surface area contributed by atoms with Gasteiger partial charge in [0.1, 0.15) is 5.75 Å². The van der Waals surface area contributed by atoms with Crippen LogP contribution in [0.2, 0.25) is 0 Å². The molecule has 1 saturated heterocycles. The van der Waals surface area contributed by atoms with Crippen LogP contribution in [0.1, 0.15) is 12.5 Å². The highest BCUT2D eigenvalue weighted by Gasteiger charge is 2.19. The maximum absolute atomic E-state index is 12.4. The normalized spacial score (nSPS) is 14.9. The maximum Gasteiger partial charge on any atom is 0.238 e. The van der Waals surface area contributed by atoms with Crippen molar-refractivity contribution in [2.75, 3.05) is 50.1 Å². The van der Waals surface area contributed by atoms with Gasteiger partial charge in [-0.2, -0.15) is 0 Å². The molecule has 26 heavy (non-hydrogen) atoms. The largest absolute Gasteiger partial charge is 0.497 e. The first-order chi connectivity index (χ1) is 12.7. The summed E-state index contributed by atoms with van der Waals surface area (Å²) in [5.41, 5.74) is 3.27. The fourth-order valence-corrected chi connectivity index (χ4v) is 3.31. The number of nitrogens with one attached hydrogen (secondary N) is 1. The fraction of sp³-hybridized carbons (Fsp3) is 0.381. The average molecular weight is 353 g/mol. The summed E-state index contributed by atoms with van der Waals surface area (Å²) in [6, 6.07) is 16.1. The molecule has 0 radical (unpaired) electrons. The number of rotatable bonds is 6. The van der Waals surface area contributed by atoms with Gasteiger partial charge in [0.25, 0.3) is 0 Å². The number of hydrogen-bond donors (Lipinski definition) is 1. The molecule has 0 spiro atoms. The van der Waals surface area contributed by atoms with Gasteiger partial charge >= 0.3 is 0 Å². The third-order valence-corrected chi connectivity index (χ3v) is 4.83. The van der Waals surface area contributed by atoms with Gasteiger partial charge in [0.15, 0.2) is 0 Å². The topological polar surface area (TPSA) is 44.8 Å². The number of nitrogens with zero attached hydrogens (tertiary/aromatic N) is 2. The van der Waals surface area contributed by atoms with E-state index >= 15 is 0 Å². The van der Waals surface area contributed by atoms with E-state index < -0.39 is 0 Å². The Bertz CT molecular complexity index is 740. The predicted molar refractivity (Wildman–Crippen MR) is 106 cm³/mol. The smallest absolute Gasteiger partial charge is 0.238 e. The Hall–Kier alpha value is -2.53. The van der Waals surface area contributed by atoms with Crippen molar-refractivity contribution < 1.29 is 9.53 Å². The molecule has 2 aromatic rings. The first-order valence-corrected chi connectivity index (χ1v) is 9.18. The van der Waals surface area contributed by atoms with E-state index in [-0.39, 0.29) is 5.91 Å². The zero-order valence-electron chi connectivity index (χ0n) is 15.6. The second-order valence-electron chi connectivity index (χ2n) is 6.52. The number of carbonyl (C=O) groups excluding carboxylic acids is 1. The number of methoxy groups -OCH3 is 1. The van der Waals surface area contributed by atoms with Crippen molar-refractivity contribution in [1.29, 1.82) is 0 Å². The lowest BCUT2D eigenvalue weighted by Gasteiger charge is -2.35. The van der Waals surface area contributed by atoms with Gasteiger partial charge in [-0.15, -0.1) is 0 Å². The highest BCUT2D eigenvalue weighted by atomic mass is 16.5. The number of ether oxygens (including phenoxy) is 1.